The lowest BCUT2D eigenvalue weighted by atomic mass is 9.50. The Balaban J connectivity index is 0.000000292. The number of esters is 5. The van der Waals surface area contributed by atoms with E-state index in [4.69, 9.17) is 99.5 Å². The maximum absolute atomic E-state index is 13.4. The van der Waals surface area contributed by atoms with E-state index in [1.165, 1.54) is 57.8 Å². The van der Waals surface area contributed by atoms with Crippen LogP contribution < -0.4 is 0 Å². The minimum Gasteiger partial charge on any atom is -0.463 e. The molecule has 11 fully saturated rings. The second kappa shape index (κ2) is 53.9. The highest BCUT2D eigenvalue weighted by molar-refractivity contribution is 5.78. The molecule has 0 aromatic heterocycles. The zero-order valence-electron chi connectivity index (χ0n) is 85.1. The van der Waals surface area contributed by atoms with Crippen LogP contribution in [0, 0.1) is 38.9 Å². The van der Waals surface area contributed by atoms with Gasteiger partial charge in [-0.25, -0.2) is 0 Å². The van der Waals surface area contributed by atoms with Gasteiger partial charge in [0.1, 0.15) is 37.1 Å². The molecule has 0 radical (unpaired) electrons. The SMILES string of the molecule is CCC(C)(C)C(=O)OC12CC3CC(OC(C)OC4CCCCC4)(C1)CC(OC(C)OC1CCCCC1)(C3)C2.CCC(C)(C)C(=O)OCCOC(C)OC1CCCCC1.CCOC(C)OC12CC3CC(OC(=O)C(C)(C)CC)(C1)CC(OC(C)OCC)(C3)C2.CCOC(C)OCC(COC(=O)C(C)(C)CC)OC(C)OCC.CCOC(C)OCCOC(=O)C(C)(C)CC. The van der Waals surface area contributed by atoms with Crippen LogP contribution in [-0.2, 0) is 123 Å². The Morgan fingerprint density at radius 2 is 0.535 bits per heavy atom. The standard InChI is InChI=1S/C32H54O6.C24H42O6.C17H34O6.C16H30O4.C12H24O4/c1-6-29(4,5)28(33)38-32-19-25-17-30(21-32,36-23(2)34-26-13-9-7-10-14-26)20-31(18-25,22-32)37-24(3)35-27-15-11-8-12-16-27;1-8-21(6,7)20(25)30-24-13-19-11-22(15-24,28-17(4)26-9-2)14-23(12-19,16-24)29-18(5)27-10-3;1-8-17(6,7)16(18)22-12-15(23-14(5)20-10-3)11-21-13(4)19-9-2;1-5-16(3,4)15(17)19-12-11-18-13(2)20-14-9-7-6-8-10-14;1-6-12(4,5)11(13)16-9-8-15-10(3)14-7-2/h23-27H,6-22H2,1-5H3;17-19H,8-16H2,1-7H3;13-15H,8-12H2,1-7H3;13-14H,5-12H2,1-4H3;10H,6-9H2,1-5H3. The van der Waals surface area contributed by atoms with Crippen molar-refractivity contribution in [1.82, 2.24) is 0 Å². The summed E-state index contributed by atoms with van der Waals surface area (Å²) in [5, 5.41) is 0. The van der Waals surface area contributed by atoms with Gasteiger partial charge in [0.2, 0.25) is 0 Å². The van der Waals surface area contributed by atoms with Crippen molar-refractivity contribution >= 4 is 29.8 Å². The van der Waals surface area contributed by atoms with E-state index in [0.29, 0.717) is 102 Å². The molecule has 26 heteroatoms. The van der Waals surface area contributed by atoms with Crippen LogP contribution in [-0.4, -0.2) is 211 Å². The number of hydrogen-bond donors (Lipinski definition) is 0. The van der Waals surface area contributed by atoms with Crippen molar-refractivity contribution < 1.29 is 123 Å². The normalized spacial score (nSPS) is 27.7. The van der Waals surface area contributed by atoms with E-state index in [0.717, 1.165) is 128 Å². The molecule has 11 saturated carbocycles. The Labute approximate surface area is 768 Å². The first-order chi connectivity index (χ1) is 59.7. The Morgan fingerprint density at radius 3 is 0.858 bits per heavy atom. The average molecular weight is 1810 g/mol. The van der Waals surface area contributed by atoms with Gasteiger partial charge in [0, 0.05) is 71.6 Å². The summed E-state index contributed by atoms with van der Waals surface area (Å²) < 4.78 is 124. The van der Waals surface area contributed by atoms with E-state index in [1.54, 1.807) is 6.92 Å². The molecule has 11 aliphatic carbocycles. The number of carbonyl (C=O) groups excluding carboxylic acids is 5. The summed E-state index contributed by atoms with van der Waals surface area (Å²) in [5.74, 6) is 0.0230. The van der Waals surface area contributed by atoms with Crippen molar-refractivity contribution in [3.05, 3.63) is 0 Å². The van der Waals surface area contributed by atoms with Gasteiger partial charge in [-0.3, -0.25) is 24.0 Å². The van der Waals surface area contributed by atoms with Crippen molar-refractivity contribution in [1.29, 1.82) is 0 Å². The molecule has 13 atom stereocenters. The average Bonchev–Trinajstić information content (AvgIpc) is 0.704. The first-order valence-corrected chi connectivity index (χ1v) is 49.9. The van der Waals surface area contributed by atoms with Gasteiger partial charge in [0.15, 0.2) is 50.3 Å². The monoisotopic (exact) mass is 1810 g/mol. The molecule has 11 aliphatic rings. The zero-order chi connectivity index (χ0) is 94.7. The molecule has 0 aliphatic heterocycles. The molecule has 0 aromatic carbocycles. The first-order valence-electron chi connectivity index (χ1n) is 49.9. The number of ether oxygens (including phenoxy) is 21. The van der Waals surface area contributed by atoms with E-state index >= 15 is 0 Å². The Morgan fingerprint density at radius 1 is 0.276 bits per heavy atom. The molecule has 26 nitrogen and oxygen atoms in total. The molecular weight excluding hydrogens is 1630 g/mol. The van der Waals surface area contributed by atoms with E-state index in [1.807, 2.05) is 166 Å². The minimum atomic E-state index is -0.544. The summed E-state index contributed by atoms with van der Waals surface area (Å²) in [6, 6.07) is 0. The third-order valence-electron chi connectivity index (χ3n) is 27.7. The first kappa shape index (κ1) is 114. The second-order valence-electron chi connectivity index (χ2n) is 41.3. The maximum Gasteiger partial charge on any atom is 0.312 e. The molecule has 127 heavy (non-hydrogen) atoms. The van der Waals surface area contributed by atoms with Crippen molar-refractivity contribution in [2.24, 2.45) is 38.9 Å². The van der Waals surface area contributed by atoms with Crippen LogP contribution in [0.2, 0.25) is 0 Å². The smallest absolute Gasteiger partial charge is 0.312 e. The summed E-state index contributed by atoms with van der Waals surface area (Å²) in [6.07, 6.45) is 30.3. The van der Waals surface area contributed by atoms with Crippen LogP contribution in [0.4, 0.5) is 0 Å². The predicted molar refractivity (Wildman–Crippen MR) is 489 cm³/mol. The van der Waals surface area contributed by atoms with Gasteiger partial charge in [0.05, 0.1) is 87.6 Å². The van der Waals surface area contributed by atoms with E-state index < -0.39 is 73.1 Å². The summed E-state index contributed by atoms with van der Waals surface area (Å²) >= 11 is 0. The van der Waals surface area contributed by atoms with E-state index in [2.05, 4.69) is 20.8 Å². The van der Waals surface area contributed by atoms with Gasteiger partial charge in [-0.1, -0.05) is 92.4 Å². The summed E-state index contributed by atoms with van der Waals surface area (Å²) in [6.45, 7) is 58.9. The molecule has 0 N–H and O–H groups in total. The fourth-order valence-electron chi connectivity index (χ4n) is 19.9. The topological polar surface area (TPSA) is 279 Å². The predicted octanol–water partition coefficient (Wildman–Crippen LogP) is 21.8. The Hall–Kier alpha value is -3.29. The highest BCUT2D eigenvalue weighted by Crippen LogP contribution is 2.66. The summed E-state index contributed by atoms with van der Waals surface area (Å²) in [4.78, 5) is 61.9. The lowest BCUT2D eigenvalue weighted by molar-refractivity contribution is -0.341. The van der Waals surface area contributed by atoms with Gasteiger partial charge >= 0.3 is 29.8 Å². The lowest BCUT2D eigenvalue weighted by Gasteiger charge is -2.65. The van der Waals surface area contributed by atoms with E-state index in [-0.39, 0.29) is 93.7 Å². The molecule has 0 saturated heterocycles. The van der Waals surface area contributed by atoms with Crippen LogP contribution in [0.15, 0.2) is 0 Å². The Bertz CT molecular complexity index is 3050. The highest BCUT2D eigenvalue weighted by atomic mass is 16.7. The van der Waals surface area contributed by atoms with Crippen molar-refractivity contribution in [3.63, 3.8) is 0 Å². The van der Waals surface area contributed by atoms with Gasteiger partial charge in [0.25, 0.3) is 0 Å². The van der Waals surface area contributed by atoms with Crippen LogP contribution in [0.5, 0.6) is 0 Å². The molecular formula is C101H184O26. The van der Waals surface area contributed by atoms with Crippen LogP contribution in [0.1, 0.15) is 399 Å². The molecule has 0 spiro atoms. The van der Waals surface area contributed by atoms with Crippen LogP contribution in [0.3, 0.4) is 0 Å². The third kappa shape index (κ3) is 38.1. The van der Waals surface area contributed by atoms with Gasteiger partial charge in [-0.2, -0.15) is 0 Å². The quantitative estimate of drug-likeness (QED) is 0.0237. The zero-order valence-corrected chi connectivity index (χ0v) is 85.1. The third-order valence-corrected chi connectivity index (χ3v) is 27.7. The van der Waals surface area contributed by atoms with Gasteiger partial charge in [-0.15, -0.1) is 0 Å². The van der Waals surface area contributed by atoms with E-state index in [9.17, 15) is 24.0 Å². The largest absolute Gasteiger partial charge is 0.463 e. The maximum atomic E-state index is 13.4. The fourth-order valence-corrected chi connectivity index (χ4v) is 19.9. The summed E-state index contributed by atoms with van der Waals surface area (Å²) in [7, 11) is 0. The van der Waals surface area contributed by atoms with Crippen LogP contribution in [0.25, 0.3) is 0 Å². The summed E-state index contributed by atoms with van der Waals surface area (Å²) in [5.41, 5.74) is -4.98. The van der Waals surface area contributed by atoms with Crippen molar-refractivity contribution in [2.75, 3.05) is 72.7 Å². The van der Waals surface area contributed by atoms with Crippen molar-refractivity contribution in [3.8, 4) is 0 Å². The second-order valence-corrected chi connectivity index (χ2v) is 41.3. The fraction of sp³-hybridized carbons (Fsp3) is 0.950. The number of hydrogen-bond acceptors (Lipinski definition) is 26. The lowest BCUT2D eigenvalue weighted by Crippen LogP contribution is -2.69. The van der Waals surface area contributed by atoms with Gasteiger partial charge < -0.3 is 99.5 Å². The van der Waals surface area contributed by atoms with Crippen LogP contribution >= 0.6 is 0 Å². The molecule has 744 valence electrons. The van der Waals surface area contributed by atoms with Gasteiger partial charge in [-0.05, 0) is 280 Å². The van der Waals surface area contributed by atoms with Crippen molar-refractivity contribution in [2.45, 2.75) is 508 Å². The number of rotatable bonds is 51. The molecule has 11 rings (SSSR count). The molecule has 0 amide bonds. The Kier molecular flexibility index (Phi) is 48.4. The molecule has 0 heterocycles. The highest BCUT2D eigenvalue weighted by Gasteiger charge is 2.69. The molecule has 8 bridgehead atoms. The minimum absolute atomic E-state index is 0.0924. The number of carbonyl (C=O) groups is 5. The molecule has 0 aromatic rings. The molecule has 13 unspecified atom stereocenters.